The molecule has 0 bridgehead atoms. The van der Waals surface area contributed by atoms with Crippen LogP contribution in [0.2, 0.25) is 0 Å². The molecule has 13 heavy (non-hydrogen) atoms. The number of aryl methyl sites for hydroxylation is 1. The average Bonchev–Trinajstić information content (AvgIpc) is 2.06. The first-order chi connectivity index (χ1) is 6.16. The Kier molecular flexibility index (Phi) is 2.11. The van der Waals surface area contributed by atoms with E-state index in [1.54, 1.807) is 0 Å². The summed E-state index contributed by atoms with van der Waals surface area (Å²) in [6.07, 6.45) is 0. The van der Waals surface area contributed by atoms with Gasteiger partial charge in [-0.05, 0) is 41.6 Å². The second-order valence-electron chi connectivity index (χ2n) is 2.91. The third kappa shape index (κ3) is 1.60. The van der Waals surface area contributed by atoms with Crippen LogP contribution in [-0.2, 0) is 0 Å². The highest BCUT2D eigenvalue weighted by atomic mass is 127. The Morgan fingerprint density at radius 1 is 1.31 bits per heavy atom. The summed E-state index contributed by atoms with van der Waals surface area (Å²) in [4.78, 5) is 11.5. The van der Waals surface area contributed by atoms with Crippen molar-refractivity contribution in [2.75, 3.05) is 0 Å². The van der Waals surface area contributed by atoms with Crippen molar-refractivity contribution in [2.24, 2.45) is 0 Å². The number of benzene rings is 1. The lowest BCUT2D eigenvalue weighted by Crippen LogP contribution is -2.00. The Hall–Kier alpha value is -0.840. The minimum Gasteiger partial charge on any atom is -0.450 e. The van der Waals surface area contributed by atoms with Crippen LogP contribution in [0.15, 0.2) is 33.5 Å². The summed E-state index contributed by atoms with van der Waals surface area (Å²) in [5.74, 6) is 0. The first-order valence-corrected chi connectivity index (χ1v) is 4.95. The van der Waals surface area contributed by atoms with Crippen LogP contribution >= 0.6 is 22.6 Å². The molecule has 0 aliphatic carbocycles. The number of hydrogen-bond donors (Lipinski definition) is 0. The summed E-state index contributed by atoms with van der Waals surface area (Å²) in [6.45, 7) is 1.96. The van der Waals surface area contributed by atoms with Gasteiger partial charge in [-0.2, -0.15) is 0 Å². The third-order valence-electron chi connectivity index (χ3n) is 1.85. The second kappa shape index (κ2) is 3.14. The van der Waals surface area contributed by atoms with E-state index in [0.717, 1.165) is 5.56 Å². The average molecular weight is 286 g/mol. The summed E-state index contributed by atoms with van der Waals surface area (Å²) in [6, 6.07) is 7.11. The summed E-state index contributed by atoms with van der Waals surface area (Å²) in [5, 5.41) is 0.653. The van der Waals surface area contributed by atoms with E-state index in [2.05, 4.69) is 0 Å². The molecule has 0 amide bonds. The van der Waals surface area contributed by atoms with Gasteiger partial charge in [0.15, 0.2) is 9.20 Å². The lowest BCUT2D eigenvalue weighted by Gasteiger charge is -1.97. The van der Waals surface area contributed by atoms with Crippen molar-refractivity contribution in [1.82, 2.24) is 0 Å². The molecule has 0 spiro atoms. The molecule has 0 saturated heterocycles. The molecule has 2 rings (SSSR count). The molecule has 2 aromatic rings. The lowest BCUT2D eigenvalue weighted by molar-refractivity contribution is 0.570. The van der Waals surface area contributed by atoms with Gasteiger partial charge in [-0.1, -0.05) is 11.6 Å². The van der Waals surface area contributed by atoms with Gasteiger partial charge in [0.05, 0.1) is 5.39 Å². The molecule has 0 fully saturated rings. The van der Waals surface area contributed by atoms with Crippen LogP contribution in [0.1, 0.15) is 5.56 Å². The van der Waals surface area contributed by atoms with E-state index in [1.807, 2.05) is 47.7 Å². The molecule has 0 radical (unpaired) electrons. The second-order valence-corrected chi connectivity index (χ2v) is 3.98. The maximum atomic E-state index is 11.5. The molecule has 0 unspecified atom stereocenters. The highest BCUT2D eigenvalue weighted by Crippen LogP contribution is 2.14. The monoisotopic (exact) mass is 286 g/mol. The lowest BCUT2D eigenvalue weighted by atomic mass is 10.1. The summed E-state index contributed by atoms with van der Waals surface area (Å²) >= 11 is 2.00. The van der Waals surface area contributed by atoms with Crippen LogP contribution < -0.4 is 5.43 Å². The van der Waals surface area contributed by atoms with E-state index < -0.39 is 0 Å². The summed E-state index contributed by atoms with van der Waals surface area (Å²) in [5.41, 5.74) is 1.75. The first-order valence-electron chi connectivity index (χ1n) is 3.87. The molecule has 1 aromatic heterocycles. The molecule has 1 aromatic carbocycles. The van der Waals surface area contributed by atoms with E-state index >= 15 is 0 Å². The number of fused-ring (bicyclic) bond motifs is 1. The zero-order chi connectivity index (χ0) is 9.42. The Bertz CT molecular complexity index is 514. The molecule has 0 saturated carbocycles. The molecule has 66 valence electrons. The van der Waals surface area contributed by atoms with E-state index in [4.69, 9.17) is 4.42 Å². The summed E-state index contributed by atoms with van der Waals surface area (Å²) in [7, 11) is 0. The fraction of sp³-hybridized carbons (Fsp3) is 0.100. The van der Waals surface area contributed by atoms with Gasteiger partial charge in [0.1, 0.15) is 5.58 Å². The van der Waals surface area contributed by atoms with Gasteiger partial charge in [0.25, 0.3) is 0 Å². The van der Waals surface area contributed by atoms with Gasteiger partial charge < -0.3 is 4.42 Å². The fourth-order valence-corrected chi connectivity index (χ4v) is 1.76. The SMILES string of the molecule is Cc1ccc2oc(I)cc(=O)c2c1. The number of hydrogen-bond acceptors (Lipinski definition) is 2. The van der Waals surface area contributed by atoms with Crippen molar-refractivity contribution < 1.29 is 4.42 Å². The van der Waals surface area contributed by atoms with Crippen LogP contribution in [0, 0.1) is 10.7 Å². The van der Waals surface area contributed by atoms with E-state index in [1.165, 1.54) is 6.07 Å². The number of rotatable bonds is 0. The van der Waals surface area contributed by atoms with Gasteiger partial charge in [-0.25, -0.2) is 0 Å². The predicted octanol–water partition coefficient (Wildman–Crippen LogP) is 2.71. The molecule has 2 nitrogen and oxygen atoms in total. The van der Waals surface area contributed by atoms with Gasteiger partial charge >= 0.3 is 0 Å². The quantitative estimate of drug-likeness (QED) is 0.697. The van der Waals surface area contributed by atoms with Gasteiger partial charge in [0, 0.05) is 6.07 Å². The molecule has 0 aliphatic rings. The van der Waals surface area contributed by atoms with Crippen LogP contribution in [0.3, 0.4) is 0 Å². The zero-order valence-corrected chi connectivity index (χ0v) is 9.16. The van der Waals surface area contributed by atoms with Crippen LogP contribution in [-0.4, -0.2) is 0 Å². The smallest absolute Gasteiger partial charge is 0.193 e. The van der Waals surface area contributed by atoms with Crippen molar-refractivity contribution in [3.63, 3.8) is 0 Å². The number of halogens is 1. The molecular weight excluding hydrogens is 279 g/mol. The van der Waals surface area contributed by atoms with Crippen molar-refractivity contribution >= 4 is 33.6 Å². The highest BCUT2D eigenvalue weighted by Gasteiger charge is 2.01. The topological polar surface area (TPSA) is 30.2 Å². The van der Waals surface area contributed by atoms with E-state index in [0.29, 0.717) is 14.7 Å². The first kappa shape index (κ1) is 8.74. The molecule has 0 aliphatic heterocycles. The van der Waals surface area contributed by atoms with Gasteiger partial charge in [-0.15, -0.1) is 0 Å². The molecule has 1 heterocycles. The van der Waals surface area contributed by atoms with Gasteiger partial charge in [0.2, 0.25) is 0 Å². The van der Waals surface area contributed by atoms with Crippen LogP contribution in [0.25, 0.3) is 11.0 Å². The van der Waals surface area contributed by atoms with E-state index in [9.17, 15) is 4.79 Å². The van der Waals surface area contributed by atoms with Crippen molar-refractivity contribution in [1.29, 1.82) is 0 Å². The largest absolute Gasteiger partial charge is 0.450 e. The molecule has 3 heteroatoms. The standard InChI is InChI=1S/C10H7IO2/c1-6-2-3-9-7(4-6)8(12)5-10(11)13-9/h2-5H,1H3. The van der Waals surface area contributed by atoms with Crippen molar-refractivity contribution in [3.8, 4) is 0 Å². The zero-order valence-electron chi connectivity index (χ0n) is 7.00. The Balaban J connectivity index is 2.95. The van der Waals surface area contributed by atoms with Crippen molar-refractivity contribution in [3.05, 3.63) is 43.8 Å². The minimum atomic E-state index is 0.0225. The van der Waals surface area contributed by atoms with Crippen LogP contribution in [0.4, 0.5) is 0 Å². The Morgan fingerprint density at radius 3 is 2.85 bits per heavy atom. The van der Waals surface area contributed by atoms with E-state index in [-0.39, 0.29) is 5.43 Å². The van der Waals surface area contributed by atoms with Crippen LogP contribution in [0.5, 0.6) is 0 Å². The van der Waals surface area contributed by atoms with Crippen molar-refractivity contribution in [2.45, 2.75) is 6.92 Å². The fourth-order valence-electron chi connectivity index (χ4n) is 1.24. The normalized spacial score (nSPS) is 10.6. The van der Waals surface area contributed by atoms with Gasteiger partial charge in [-0.3, -0.25) is 4.79 Å². The molecule has 0 atom stereocenters. The molecular formula is C10H7IO2. The Labute approximate surface area is 88.7 Å². The Morgan fingerprint density at radius 2 is 2.08 bits per heavy atom. The molecule has 0 N–H and O–H groups in total. The maximum Gasteiger partial charge on any atom is 0.193 e. The minimum absolute atomic E-state index is 0.0225. The third-order valence-corrected chi connectivity index (χ3v) is 2.38. The predicted molar refractivity (Wildman–Crippen MR) is 59.9 cm³/mol. The summed E-state index contributed by atoms with van der Waals surface area (Å²) < 4.78 is 6.01. The highest BCUT2D eigenvalue weighted by molar-refractivity contribution is 14.1. The maximum absolute atomic E-state index is 11.5.